The number of nitrogen functional groups attached to an aromatic ring is 1. The zero-order chi connectivity index (χ0) is 10.1. The summed E-state index contributed by atoms with van der Waals surface area (Å²) in [5.41, 5.74) is 7.40. The second-order valence-corrected chi connectivity index (χ2v) is 3.09. The summed E-state index contributed by atoms with van der Waals surface area (Å²) in [6.45, 7) is 3.72. The molecule has 2 heterocycles. The van der Waals surface area contributed by atoms with Crippen molar-refractivity contribution in [2.45, 2.75) is 13.8 Å². The van der Waals surface area contributed by atoms with Gasteiger partial charge in [-0.1, -0.05) is 0 Å². The number of aryl methyl sites for hydroxylation is 2. The summed E-state index contributed by atoms with van der Waals surface area (Å²) in [6, 6.07) is 1.90. The van der Waals surface area contributed by atoms with Crippen LogP contribution < -0.4 is 5.73 Å². The van der Waals surface area contributed by atoms with Gasteiger partial charge in [-0.25, -0.2) is 14.6 Å². The molecule has 2 rings (SSSR count). The number of nitrogens with two attached hydrogens (primary N) is 1. The van der Waals surface area contributed by atoms with Crippen LogP contribution in [0.1, 0.15) is 11.5 Å². The third-order valence-corrected chi connectivity index (χ3v) is 1.89. The second-order valence-electron chi connectivity index (χ2n) is 3.09. The van der Waals surface area contributed by atoms with Crippen molar-refractivity contribution in [3.8, 4) is 5.69 Å². The molecule has 0 bridgehead atoms. The van der Waals surface area contributed by atoms with Crippen LogP contribution in [0, 0.1) is 13.8 Å². The van der Waals surface area contributed by atoms with Gasteiger partial charge in [-0.3, -0.25) is 0 Å². The Morgan fingerprint density at radius 2 is 2.14 bits per heavy atom. The Kier molecular flexibility index (Phi) is 1.92. The van der Waals surface area contributed by atoms with Gasteiger partial charge in [0, 0.05) is 6.20 Å². The van der Waals surface area contributed by atoms with Crippen LogP contribution in [0.3, 0.4) is 0 Å². The first-order chi connectivity index (χ1) is 6.66. The van der Waals surface area contributed by atoms with Gasteiger partial charge in [-0.2, -0.15) is 5.10 Å². The first kappa shape index (κ1) is 8.68. The standard InChI is InChI=1S/C9H11N5/c1-6-3-4-14(13-6)8-5-11-7(2)12-9(8)10/h3-5H,1-2H3,(H2,10,11,12). The highest BCUT2D eigenvalue weighted by Crippen LogP contribution is 2.12. The molecule has 5 heteroatoms. The normalized spacial score (nSPS) is 10.4. The molecule has 0 aliphatic heterocycles. The first-order valence-corrected chi connectivity index (χ1v) is 4.28. The summed E-state index contributed by atoms with van der Waals surface area (Å²) in [6.07, 6.45) is 3.50. The van der Waals surface area contributed by atoms with Crippen molar-refractivity contribution in [1.82, 2.24) is 19.7 Å². The molecule has 2 N–H and O–H groups in total. The number of nitrogens with zero attached hydrogens (tertiary/aromatic N) is 4. The highest BCUT2D eigenvalue weighted by Gasteiger charge is 2.04. The fourth-order valence-corrected chi connectivity index (χ4v) is 1.21. The lowest BCUT2D eigenvalue weighted by Gasteiger charge is -2.03. The van der Waals surface area contributed by atoms with Crippen molar-refractivity contribution >= 4 is 5.82 Å². The summed E-state index contributed by atoms with van der Waals surface area (Å²) in [7, 11) is 0. The Morgan fingerprint density at radius 1 is 1.36 bits per heavy atom. The molecule has 0 amide bonds. The summed E-state index contributed by atoms with van der Waals surface area (Å²) in [4.78, 5) is 8.14. The number of hydrogen-bond acceptors (Lipinski definition) is 4. The Morgan fingerprint density at radius 3 is 2.71 bits per heavy atom. The van der Waals surface area contributed by atoms with Gasteiger partial charge in [0.25, 0.3) is 0 Å². The lowest BCUT2D eigenvalue weighted by molar-refractivity contribution is 0.847. The topological polar surface area (TPSA) is 69.6 Å². The highest BCUT2D eigenvalue weighted by molar-refractivity contribution is 5.49. The summed E-state index contributed by atoms with van der Waals surface area (Å²) in [5.74, 6) is 1.11. The summed E-state index contributed by atoms with van der Waals surface area (Å²) < 4.78 is 1.67. The molecule has 0 spiro atoms. The van der Waals surface area contributed by atoms with Gasteiger partial charge in [0.05, 0.1) is 11.9 Å². The number of hydrogen-bond donors (Lipinski definition) is 1. The van der Waals surface area contributed by atoms with Crippen molar-refractivity contribution in [3.05, 3.63) is 30.0 Å². The third kappa shape index (κ3) is 1.44. The van der Waals surface area contributed by atoms with Gasteiger partial charge in [0.2, 0.25) is 0 Å². The van der Waals surface area contributed by atoms with E-state index in [-0.39, 0.29) is 0 Å². The highest BCUT2D eigenvalue weighted by atomic mass is 15.3. The minimum Gasteiger partial charge on any atom is -0.382 e. The third-order valence-electron chi connectivity index (χ3n) is 1.89. The quantitative estimate of drug-likeness (QED) is 0.722. The minimum absolute atomic E-state index is 0.445. The fraction of sp³-hybridized carbons (Fsp3) is 0.222. The van der Waals surface area contributed by atoms with Crippen molar-refractivity contribution in [2.75, 3.05) is 5.73 Å². The molecular weight excluding hydrogens is 178 g/mol. The van der Waals surface area contributed by atoms with Crippen molar-refractivity contribution in [3.63, 3.8) is 0 Å². The Hall–Kier alpha value is -1.91. The monoisotopic (exact) mass is 189 g/mol. The van der Waals surface area contributed by atoms with E-state index >= 15 is 0 Å². The van der Waals surface area contributed by atoms with Crippen molar-refractivity contribution < 1.29 is 0 Å². The molecule has 0 radical (unpaired) electrons. The van der Waals surface area contributed by atoms with E-state index in [1.54, 1.807) is 17.8 Å². The van der Waals surface area contributed by atoms with Crippen LogP contribution >= 0.6 is 0 Å². The molecule has 0 aliphatic rings. The number of aromatic nitrogens is 4. The molecule has 0 aliphatic carbocycles. The van der Waals surface area contributed by atoms with Gasteiger partial charge in [0.1, 0.15) is 11.5 Å². The largest absolute Gasteiger partial charge is 0.382 e. The SMILES string of the molecule is Cc1ccn(-c2cnc(C)nc2N)n1. The Labute approximate surface area is 81.6 Å². The molecule has 0 saturated carbocycles. The Balaban J connectivity index is 2.52. The van der Waals surface area contributed by atoms with E-state index in [0.29, 0.717) is 17.3 Å². The van der Waals surface area contributed by atoms with Gasteiger partial charge < -0.3 is 5.73 Å². The maximum Gasteiger partial charge on any atom is 0.153 e. The average molecular weight is 189 g/mol. The van der Waals surface area contributed by atoms with E-state index in [2.05, 4.69) is 15.1 Å². The van der Waals surface area contributed by atoms with Gasteiger partial charge in [-0.15, -0.1) is 0 Å². The molecule has 0 atom stereocenters. The lowest BCUT2D eigenvalue weighted by Crippen LogP contribution is -2.05. The molecule has 2 aromatic heterocycles. The van der Waals surface area contributed by atoms with Crippen molar-refractivity contribution in [2.24, 2.45) is 0 Å². The van der Waals surface area contributed by atoms with E-state index in [0.717, 1.165) is 5.69 Å². The summed E-state index contributed by atoms with van der Waals surface area (Å²) >= 11 is 0. The molecule has 5 nitrogen and oxygen atoms in total. The number of anilines is 1. The fourth-order valence-electron chi connectivity index (χ4n) is 1.21. The number of rotatable bonds is 1. The van der Waals surface area contributed by atoms with Crippen LogP contribution in [0.4, 0.5) is 5.82 Å². The van der Waals surface area contributed by atoms with Crippen LogP contribution in [0.2, 0.25) is 0 Å². The minimum atomic E-state index is 0.445. The van der Waals surface area contributed by atoms with Gasteiger partial charge in [0.15, 0.2) is 5.82 Å². The van der Waals surface area contributed by atoms with Crippen LogP contribution in [0.25, 0.3) is 5.69 Å². The van der Waals surface area contributed by atoms with E-state index < -0.39 is 0 Å². The van der Waals surface area contributed by atoms with E-state index in [4.69, 9.17) is 5.73 Å². The molecule has 2 aromatic rings. The maximum atomic E-state index is 5.75. The van der Waals surface area contributed by atoms with Crippen LogP contribution in [-0.2, 0) is 0 Å². The molecule has 0 aromatic carbocycles. The molecule has 0 saturated heterocycles. The molecule has 14 heavy (non-hydrogen) atoms. The zero-order valence-corrected chi connectivity index (χ0v) is 8.10. The first-order valence-electron chi connectivity index (χ1n) is 4.28. The van der Waals surface area contributed by atoms with Gasteiger partial charge in [-0.05, 0) is 19.9 Å². The van der Waals surface area contributed by atoms with Crippen LogP contribution in [-0.4, -0.2) is 19.7 Å². The summed E-state index contributed by atoms with van der Waals surface area (Å²) in [5, 5.41) is 4.23. The maximum absolute atomic E-state index is 5.75. The van der Waals surface area contributed by atoms with Crippen molar-refractivity contribution in [1.29, 1.82) is 0 Å². The van der Waals surface area contributed by atoms with E-state index in [9.17, 15) is 0 Å². The lowest BCUT2D eigenvalue weighted by atomic mass is 10.4. The smallest absolute Gasteiger partial charge is 0.153 e. The molecular formula is C9H11N5. The Bertz CT molecular complexity index is 460. The second kappa shape index (κ2) is 3.10. The predicted molar refractivity (Wildman–Crippen MR) is 53.0 cm³/mol. The average Bonchev–Trinajstić information content (AvgIpc) is 2.51. The van der Waals surface area contributed by atoms with Crippen LogP contribution in [0.5, 0.6) is 0 Å². The van der Waals surface area contributed by atoms with E-state index in [1.165, 1.54) is 0 Å². The predicted octanol–water partition coefficient (Wildman–Crippen LogP) is 0.861. The van der Waals surface area contributed by atoms with Gasteiger partial charge >= 0.3 is 0 Å². The molecule has 72 valence electrons. The molecule has 0 fully saturated rings. The van der Waals surface area contributed by atoms with E-state index in [1.807, 2.05) is 19.2 Å². The van der Waals surface area contributed by atoms with Crippen LogP contribution in [0.15, 0.2) is 18.5 Å². The zero-order valence-electron chi connectivity index (χ0n) is 8.10. The molecule has 0 unspecified atom stereocenters.